The minimum absolute atomic E-state index is 0.140. The summed E-state index contributed by atoms with van der Waals surface area (Å²) in [6.45, 7) is 2.17. The Morgan fingerprint density at radius 1 is 1.43 bits per heavy atom. The van der Waals surface area contributed by atoms with Crippen LogP contribution in [0.5, 0.6) is 0 Å². The molecule has 0 amide bonds. The lowest BCUT2D eigenvalue weighted by atomic mass is 10.2. The standard InChI is InChI=1S/C11H14FNS/c12-9-3-1-4-10(7-9)14-11-5-2-6-13-8-11/h1,3-4,7,11,13H,2,5-6,8H2. The van der Waals surface area contributed by atoms with Gasteiger partial charge >= 0.3 is 0 Å². The van der Waals surface area contributed by atoms with Gasteiger partial charge in [-0.1, -0.05) is 6.07 Å². The molecule has 1 unspecified atom stereocenters. The van der Waals surface area contributed by atoms with Crippen molar-refractivity contribution in [3.05, 3.63) is 30.1 Å². The number of rotatable bonds is 2. The van der Waals surface area contributed by atoms with Gasteiger partial charge in [0.25, 0.3) is 0 Å². The van der Waals surface area contributed by atoms with E-state index in [0.717, 1.165) is 18.0 Å². The number of thioether (sulfide) groups is 1. The second kappa shape index (κ2) is 4.80. The van der Waals surface area contributed by atoms with E-state index in [0.29, 0.717) is 5.25 Å². The van der Waals surface area contributed by atoms with E-state index in [4.69, 9.17) is 0 Å². The lowest BCUT2D eigenvalue weighted by Gasteiger charge is -2.22. The molecular weight excluding hydrogens is 197 g/mol. The second-order valence-corrected chi connectivity index (χ2v) is 4.92. The van der Waals surface area contributed by atoms with Gasteiger partial charge in [-0.05, 0) is 37.6 Å². The number of hydrogen-bond donors (Lipinski definition) is 1. The number of hydrogen-bond acceptors (Lipinski definition) is 2. The number of piperidine rings is 1. The van der Waals surface area contributed by atoms with Crippen LogP contribution in [0.2, 0.25) is 0 Å². The average Bonchev–Trinajstić information content (AvgIpc) is 2.19. The van der Waals surface area contributed by atoms with Crippen LogP contribution in [-0.2, 0) is 0 Å². The number of halogens is 1. The molecule has 1 heterocycles. The highest BCUT2D eigenvalue weighted by Gasteiger charge is 2.13. The third-order valence-corrected chi connectivity index (χ3v) is 3.61. The summed E-state index contributed by atoms with van der Waals surface area (Å²) in [7, 11) is 0. The number of nitrogens with one attached hydrogen (secondary N) is 1. The Kier molecular flexibility index (Phi) is 3.43. The summed E-state index contributed by atoms with van der Waals surface area (Å²) in [6.07, 6.45) is 2.46. The van der Waals surface area contributed by atoms with E-state index in [2.05, 4.69) is 5.32 Å². The molecule has 3 heteroatoms. The van der Waals surface area contributed by atoms with Crippen molar-refractivity contribution in [3.8, 4) is 0 Å². The van der Waals surface area contributed by atoms with Crippen molar-refractivity contribution in [1.29, 1.82) is 0 Å². The zero-order valence-corrected chi connectivity index (χ0v) is 8.82. The first-order valence-corrected chi connectivity index (χ1v) is 5.85. The van der Waals surface area contributed by atoms with Crippen molar-refractivity contribution in [3.63, 3.8) is 0 Å². The molecule has 1 N–H and O–H groups in total. The Morgan fingerprint density at radius 2 is 2.36 bits per heavy atom. The van der Waals surface area contributed by atoms with Gasteiger partial charge in [0.05, 0.1) is 0 Å². The fourth-order valence-electron chi connectivity index (χ4n) is 1.65. The maximum atomic E-state index is 12.9. The molecule has 0 saturated carbocycles. The lowest BCUT2D eigenvalue weighted by Crippen LogP contribution is -2.31. The van der Waals surface area contributed by atoms with Crippen molar-refractivity contribution in [2.45, 2.75) is 23.0 Å². The van der Waals surface area contributed by atoms with Crippen molar-refractivity contribution in [2.75, 3.05) is 13.1 Å². The molecule has 1 aliphatic rings. The van der Waals surface area contributed by atoms with E-state index in [1.165, 1.54) is 18.9 Å². The van der Waals surface area contributed by atoms with Gasteiger partial charge in [-0.3, -0.25) is 0 Å². The monoisotopic (exact) mass is 211 g/mol. The molecule has 1 aromatic carbocycles. The van der Waals surface area contributed by atoms with Gasteiger partial charge in [-0.25, -0.2) is 4.39 Å². The summed E-state index contributed by atoms with van der Waals surface area (Å²) in [6, 6.07) is 6.85. The van der Waals surface area contributed by atoms with E-state index in [1.54, 1.807) is 23.9 Å². The molecule has 0 aliphatic carbocycles. The van der Waals surface area contributed by atoms with Crippen LogP contribution in [0.25, 0.3) is 0 Å². The maximum Gasteiger partial charge on any atom is 0.124 e. The zero-order valence-electron chi connectivity index (χ0n) is 8.00. The number of benzene rings is 1. The second-order valence-electron chi connectivity index (χ2n) is 3.54. The molecule has 0 aromatic heterocycles. The first kappa shape index (κ1) is 9.99. The first-order chi connectivity index (χ1) is 6.84. The summed E-state index contributed by atoms with van der Waals surface area (Å²) in [5.41, 5.74) is 0. The Morgan fingerprint density at radius 3 is 3.07 bits per heavy atom. The van der Waals surface area contributed by atoms with E-state index in [9.17, 15) is 4.39 Å². The summed E-state index contributed by atoms with van der Waals surface area (Å²) >= 11 is 1.78. The van der Waals surface area contributed by atoms with E-state index < -0.39 is 0 Å². The van der Waals surface area contributed by atoms with E-state index in [-0.39, 0.29) is 5.82 Å². The fraction of sp³-hybridized carbons (Fsp3) is 0.455. The van der Waals surface area contributed by atoms with Crippen LogP contribution in [0.15, 0.2) is 29.2 Å². The molecule has 1 aliphatic heterocycles. The molecule has 1 fully saturated rings. The molecule has 0 bridgehead atoms. The summed E-state index contributed by atoms with van der Waals surface area (Å²) in [4.78, 5) is 1.04. The quantitative estimate of drug-likeness (QED) is 0.807. The highest BCUT2D eigenvalue weighted by atomic mass is 32.2. The van der Waals surface area contributed by atoms with Crippen molar-refractivity contribution >= 4 is 11.8 Å². The lowest BCUT2D eigenvalue weighted by molar-refractivity contribution is 0.531. The Balaban J connectivity index is 1.95. The molecule has 1 saturated heterocycles. The van der Waals surface area contributed by atoms with Gasteiger partial charge in [0.1, 0.15) is 5.82 Å². The smallest absolute Gasteiger partial charge is 0.124 e. The van der Waals surface area contributed by atoms with Gasteiger partial charge in [0.2, 0.25) is 0 Å². The highest BCUT2D eigenvalue weighted by molar-refractivity contribution is 8.00. The zero-order chi connectivity index (χ0) is 9.80. The summed E-state index contributed by atoms with van der Waals surface area (Å²) < 4.78 is 12.9. The summed E-state index contributed by atoms with van der Waals surface area (Å²) in [5, 5.41) is 3.96. The molecule has 76 valence electrons. The predicted octanol–water partition coefficient (Wildman–Crippen LogP) is 2.67. The SMILES string of the molecule is Fc1cccc(SC2CCCNC2)c1. The third kappa shape index (κ3) is 2.72. The molecule has 2 rings (SSSR count). The van der Waals surface area contributed by atoms with Gasteiger partial charge in [-0.2, -0.15) is 0 Å². The van der Waals surface area contributed by atoms with Gasteiger partial charge in [-0.15, -0.1) is 11.8 Å². The molecule has 1 aromatic rings. The molecule has 14 heavy (non-hydrogen) atoms. The van der Waals surface area contributed by atoms with Crippen LogP contribution >= 0.6 is 11.8 Å². The Hall–Kier alpha value is -0.540. The molecule has 0 radical (unpaired) electrons. The third-order valence-electron chi connectivity index (χ3n) is 2.35. The molecule has 1 atom stereocenters. The van der Waals surface area contributed by atoms with Crippen LogP contribution in [-0.4, -0.2) is 18.3 Å². The van der Waals surface area contributed by atoms with Crippen LogP contribution in [0.4, 0.5) is 4.39 Å². The minimum Gasteiger partial charge on any atom is -0.316 e. The minimum atomic E-state index is -0.140. The van der Waals surface area contributed by atoms with E-state index >= 15 is 0 Å². The topological polar surface area (TPSA) is 12.0 Å². The molecular formula is C11H14FNS. The Bertz CT molecular complexity index is 297. The average molecular weight is 211 g/mol. The predicted molar refractivity (Wildman–Crippen MR) is 58.1 cm³/mol. The van der Waals surface area contributed by atoms with Crippen LogP contribution in [0.1, 0.15) is 12.8 Å². The normalized spacial score (nSPS) is 22.2. The summed E-state index contributed by atoms with van der Waals surface area (Å²) in [5.74, 6) is -0.140. The van der Waals surface area contributed by atoms with Gasteiger partial charge < -0.3 is 5.32 Å². The van der Waals surface area contributed by atoms with Crippen LogP contribution < -0.4 is 5.32 Å². The fourth-order valence-corrected chi connectivity index (χ4v) is 2.86. The first-order valence-electron chi connectivity index (χ1n) is 4.97. The molecule has 0 spiro atoms. The van der Waals surface area contributed by atoms with Crippen LogP contribution in [0.3, 0.4) is 0 Å². The molecule has 1 nitrogen and oxygen atoms in total. The highest BCUT2D eigenvalue weighted by Crippen LogP contribution is 2.27. The van der Waals surface area contributed by atoms with Crippen molar-refractivity contribution in [1.82, 2.24) is 5.32 Å². The van der Waals surface area contributed by atoms with Crippen LogP contribution in [0, 0.1) is 5.82 Å². The van der Waals surface area contributed by atoms with Crippen molar-refractivity contribution < 1.29 is 4.39 Å². The Labute approximate surface area is 88.1 Å². The van der Waals surface area contributed by atoms with Gasteiger partial charge in [0.15, 0.2) is 0 Å². The van der Waals surface area contributed by atoms with Crippen molar-refractivity contribution in [2.24, 2.45) is 0 Å². The maximum absolute atomic E-state index is 12.9. The van der Waals surface area contributed by atoms with Gasteiger partial charge in [0, 0.05) is 16.7 Å². The van der Waals surface area contributed by atoms with E-state index in [1.807, 2.05) is 6.07 Å². The largest absolute Gasteiger partial charge is 0.316 e.